The molecule has 1 heterocycles. The van der Waals surface area contributed by atoms with Crippen molar-refractivity contribution < 1.29 is 14.4 Å². The molecular formula is C28H30N4O3. The molecule has 180 valence electrons. The fourth-order valence-electron chi connectivity index (χ4n) is 4.01. The fraction of sp³-hybridized carbons (Fsp3) is 0.250. The van der Waals surface area contributed by atoms with Crippen molar-refractivity contribution in [2.24, 2.45) is 0 Å². The van der Waals surface area contributed by atoms with E-state index in [0.717, 1.165) is 31.5 Å². The molecule has 35 heavy (non-hydrogen) atoms. The summed E-state index contributed by atoms with van der Waals surface area (Å²) in [6.45, 7) is 2.11. The third-order valence-electron chi connectivity index (χ3n) is 5.93. The number of piperidine rings is 1. The maximum atomic E-state index is 12.7. The Balaban J connectivity index is 1.25. The third kappa shape index (κ3) is 6.93. The molecule has 1 aliphatic rings. The molecule has 3 N–H and O–H groups in total. The number of benzene rings is 3. The monoisotopic (exact) mass is 470 g/mol. The average molecular weight is 471 g/mol. The van der Waals surface area contributed by atoms with E-state index in [1.807, 2.05) is 47.4 Å². The lowest BCUT2D eigenvalue weighted by atomic mass is 10.1. The van der Waals surface area contributed by atoms with Crippen LogP contribution < -0.4 is 16.0 Å². The molecule has 7 nitrogen and oxygen atoms in total. The van der Waals surface area contributed by atoms with Gasteiger partial charge in [0.2, 0.25) is 5.91 Å². The number of rotatable bonds is 8. The summed E-state index contributed by atoms with van der Waals surface area (Å²) in [5, 5.41) is 8.78. The molecule has 4 rings (SSSR count). The predicted molar refractivity (Wildman–Crippen MR) is 137 cm³/mol. The Morgan fingerprint density at radius 1 is 0.743 bits per heavy atom. The second-order valence-electron chi connectivity index (χ2n) is 8.58. The number of carbonyl (C=O) groups is 3. The van der Waals surface area contributed by atoms with Crippen LogP contribution in [0.3, 0.4) is 0 Å². The minimum Gasteiger partial charge on any atom is -0.376 e. The SMILES string of the molecule is O=C(CNc1cccc(C(=O)N2CCCCC2)c1)Nc1ccc(C(=O)NCc2ccccc2)cc1. The van der Waals surface area contributed by atoms with E-state index >= 15 is 0 Å². The quantitative estimate of drug-likeness (QED) is 0.458. The van der Waals surface area contributed by atoms with Crippen LogP contribution in [0.25, 0.3) is 0 Å². The fourth-order valence-corrected chi connectivity index (χ4v) is 4.01. The molecule has 3 amide bonds. The van der Waals surface area contributed by atoms with Gasteiger partial charge in [0.1, 0.15) is 0 Å². The number of anilines is 2. The van der Waals surface area contributed by atoms with Crippen molar-refractivity contribution in [1.82, 2.24) is 10.2 Å². The summed E-state index contributed by atoms with van der Waals surface area (Å²) in [5.41, 5.74) is 3.49. The van der Waals surface area contributed by atoms with E-state index in [9.17, 15) is 14.4 Å². The number of likely N-dealkylation sites (tertiary alicyclic amines) is 1. The Bertz CT molecular complexity index is 1160. The zero-order valence-electron chi connectivity index (χ0n) is 19.6. The molecule has 0 aliphatic carbocycles. The molecule has 1 aliphatic heterocycles. The lowest BCUT2D eigenvalue weighted by Crippen LogP contribution is -2.35. The number of hydrogen-bond donors (Lipinski definition) is 3. The highest BCUT2D eigenvalue weighted by Crippen LogP contribution is 2.16. The zero-order chi connectivity index (χ0) is 24.5. The summed E-state index contributed by atoms with van der Waals surface area (Å²) >= 11 is 0. The molecular weight excluding hydrogens is 440 g/mol. The molecule has 0 unspecified atom stereocenters. The summed E-state index contributed by atoms with van der Waals surface area (Å²) in [7, 11) is 0. The van der Waals surface area contributed by atoms with Crippen LogP contribution in [0.2, 0.25) is 0 Å². The Hall–Kier alpha value is -4.13. The summed E-state index contributed by atoms with van der Waals surface area (Å²) in [4.78, 5) is 39.4. The van der Waals surface area contributed by atoms with Gasteiger partial charge >= 0.3 is 0 Å². The van der Waals surface area contributed by atoms with Crippen LogP contribution in [0.5, 0.6) is 0 Å². The second kappa shape index (κ2) is 11.8. The van der Waals surface area contributed by atoms with Gasteiger partial charge in [-0.2, -0.15) is 0 Å². The highest BCUT2D eigenvalue weighted by atomic mass is 16.2. The number of amides is 3. The second-order valence-corrected chi connectivity index (χ2v) is 8.58. The summed E-state index contributed by atoms with van der Waals surface area (Å²) in [5.74, 6) is -0.364. The van der Waals surface area contributed by atoms with Crippen LogP contribution in [0.4, 0.5) is 11.4 Å². The van der Waals surface area contributed by atoms with Gasteiger partial charge in [0, 0.05) is 42.1 Å². The summed E-state index contributed by atoms with van der Waals surface area (Å²) in [6, 6.07) is 23.7. The van der Waals surface area contributed by atoms with Crippen LogP contribution in [-0.4, -0.2) is 42.3 Å². The van der Waals surface area contributed by atoms with Crippen LogP contribution in [0.15, 0.2) is 78.9 Å². The van der Waals surface area contributed by atoms with Crippen molar-refractivity contribution >= 4 is 29.1 Å². The molecule has 1 fully saturated rings. The lowest BCUT2D eigenvalue weighted by Gasteiger charge is -2.26. The van der Waals surface area contributed by atoms with Crippen LogP contribution in [-0.2, 0) is 11.3 Å². The van der Waals surface area contributed by atoms with E-state index in [0.29, 0.717) is 29.0 Å². The van der Waals surface area contributed by atoms with E-state index in [2.05, 4.69) is 16.0 Å². The van der Waals surface area contributed by atoms with Crippen LogP contribution in [0, 0.1) is 0 Å². The number of carbonyl (C=O) groups excluding carboxylic acids is 3. The van der Waals surface area contributed by atoms with Gasteiger partial charge in [-0.3, -0.25) is 14.4 Å². The molecule has 7 heteroatoms. The molecule has 0 atom stereocenters. The Kier molecular flexibility index (Phi) is 8.12. The van der Waals surface area contributed by atoms with Crippen molar-refractivity contribution in [3.8, 4) is 0 Å². The van der Waals surface area contributed by atoms with E-state index in [1.165, 1.54) is 6.42 Å². The maximum Gasteiger partial charge on any atom is 0.253 e. The number of hydrogen-bond acceptors (Lipinski definition) is 4. The predicted octanol–water partition coefficient (Wildman–Crippen LogP) is 4.29. The van der Waals surface area contributed by atoms with Crippen molar-refractivity contribution in [3.63, 3.8) is 0 Å². The first-order valence-electron chi connectivity index (χ1n) is 11.9. The lowest BCUT2D eigenvalue weighted by molar-refractivity contribution is -0.114. The number of nitrogens with one attached hydrogen (secondary N) is 3. The largest absolute Gasteiger partial charge is 0.376 e. The molecule has 0 radical (unpaired) electrons. The van der Waals surface area contributed by atoms with E-state index < -0.39 is 0 Å². The van der Waals surface area contributed by atoms with E-state index in [-0.39, 0.29) is 24.3 Å². The van der Waals surface area contributed by atoms with Crippen LogP contribution in [0.1, 0.15) is 45.5 Å². The highest BCUT2D eigenvalue weighted by molar-refractivity contribution is 5.97. The first-order valence-corrected chi connectivity index (χ1v) is 11.9. The van der Waals surface area contributed by atoms with E-state index in [4.69, 9.17) is 0 Å². The van der Waals surface area contributed by atoms with Gasteiger partial charge in [0.05, 0.1) is 6.54 Å². The Morgan fingerprint density at radius 3 is 2.23 bits per heavy atom. The molecule has 3 aromatic carbocycles. The average Bonchev–Trinajstić information content (AvgIpc) is 2.92. The zero-order valence-corrected chi connectivity index (χ0v) is 19.6. The van der Waals surface area contributed by atoms with Gasteiger partial charge in [-0.05, 0) is 67.3 Å². The summed E-state index contributed by atoms with van der Waals surface area (Å²) < 4.78 is 0. The minimum atomic E-state index is -0.223. The molecule has 0 bridgehead atoms. The Morgan fingerprint density at radius 2 is 1.49 bits per heavy atom. The van der Waals surface area contributed by atoms with Crippen molar-refractivity contribution in [1.29, 1.82) is 0 Å². The normalized spacial score (nSPS) is 13.1. The van der Waals surface area contributed by atoms with Gasteiger partial charge in [0.15, 0.2) is 0 Å². The summed E-state index contributed by atoms with van der Waals surface area (Å²) in [6.07, 6.45) is 3.26. The third-order valence-corrected chi connectivity index (χ3v) is 5.93. The maximum absolute atomic E-state index is 12.7. The van der Waals surface area contributed by atoms with Crippen molar-refractivity contribution in [3.05, 3.63) is 95.6 Å². The smallest absolute Gasteiger partial charge is 0.253 e. The van der Waals surface area contributed by atoms with Crippen molar-refractivity contribution in [2.75, 3.05) is 30.3 Å². The first kappa shape index (κ1) is 24.0. The first-order chi connectivity index (χ1) is 17.1. The van der Waals surface area contributed by atoms with Gasteiger partial charge in [-0.1, -0.05) is 36.4 Å². The van der Waals surface area contributed by atoms with Crippen molar-refractivity contribution in [2.45, 2.75) is 25.8 Å². The van der Waals surface area contributed by atoms with Gasteiger partial charge in [0.25, 0.3) is 11.8 Å². The molecule has 1 saturated heterocycles. The van der Waals surface area contributed by atoms with Gasteiger partial charge in [-0.15, -0.1) is 0 Å². The van der Waals surface area contributed by atoms with Gasteiger partial charge < -0.3 is 20.9 Å². The number of nitrogens with zero attached hydrogens (tertiary/aromatic N) is 1. The van der Waals surface area contributed by atoms with E-state index in [1.54, 1.807) is 36.4 Å². The molecule has 0 aromatic heterocycles. The molecule has 3 aromatic rings. The molecule has 0 spiro atoms. The van der Waals surface area contributed by atoms with Gasteiger partial charge in [-0.25, -0.2) is 0 Å². The minimum absolute atomic E-state index is 0.0331. The highest BCUT2D eigenvalue weighted by Gasteiger charge is 2.18. The molecule has 0 saturated carbocycles. The standard InChI is InChI=1S/C28H30N4O3/c33-26(20-29-25-11-7-10-23(18-25)28(35)32-16-5-2-6-17-32)31-24-14-12-22(13-15-24)27(34)30-19-21-8-3-1-4-9-21/h1,3-4,7-15,18,29H,2,5-6,16-17,19-20H2,(H,30,34)(H,31,33). The van der Waals surface area contributed by atoms with Crippen LogP contribution >= 0.6 is 0 Å². The Labute approximate surface area is 205 Å². The topological polar surface area (TPSA) is 90.5 Å².